The van der Waals surface area contributed by atoms with E-state index in [0.29, 0.717) is 24.2 Å². The highest BCUT2D eigenvalue weighted by Gasteiger charge is 2.43. The van der Waals surface area contributed by atoms with E-state index >= 15 is 0 Å². The first-order chi connectivity index (χ1) is 15.8. The van der Waals surface area contributed by atoms with Crippen molar-refractivity contribution >= 4 is 11.7 Å². The van der Waals surface area contributed by atoms with Gasteiger partial charge in [0.25, 0.3) is 5.91 Å². The maximum atomic E-state index is 14.3. The molecule has 4 heterocycles. The highest BCUT2D eigenvalue weighted by atomic mass is 19.4. The van der Waals surface area contributed by atoms with Crippen LogP contribution in [-0.2, 0) is 6.18 Å². The molecule has 3 aromatic rings. The predicted molar refractivity (Wildman–Crippen MR) is 111 cm³/mol. The molecule has 0 aromatic carbocycles. The number of carbonyl (C=O) groups is 1. The van der Waals surface area contributed by atoms with Crippen LogP contribution in [0.1, 0.15) is 22.5 Å². The maximum Gasteiger partial charge on any atom is 0.417 e. The van der Waals surface area contributed by atoms with Crippen molar-refractivity contribution in [3.05, 3.63) is 83.8 Å². The van der Waals surface area contributed by atoms with Crippen molar-refractivity contribution in [2.75, 3.05) is 11.9 Å². The molecular weight excluding hydrogens is 438 g/mol. The number of nitrogens with zero attached hydrogens (tertiary/aromatic N) is 4. The van der Waals surface area contributed by atoms with Gasteiger partial charge in [-0.1, -0.05) is 6.08 Å². The van der Waals surface area contributed by atoms with Crippen molar-refractivity contribution in [3.8, 4) is 11.3 Å². The number of alkyl halides is 3. The molecule has 0 radical (unpaired) electrons. The third-order valence-electron chi connectivity index (χ3n) is 5.76. The van der Waals surface area contributed by atoms with E-state index in [-0.39, 0.29) is 35.1 Å². The van der Waals surface area contributed by atoms with Crippen molar-refractivity contribution in [2.24, 2.45) is 5.92 Å². The average molecular weight is 455 g/mol. The van der Waals surface area contributed by atoms with Gasteiger partial charge in [-0.2, -0.15) is 13.2 Å². The Bertz CT molecular complexity index is 1240. The molecular formula is C23H17F4N5O. The first-order valence-corrected chi connectivity index (χ1v) is 10.2. The Morgan fingerprint density at radius 3 is 2.55 bits per heavy atom. The number of likely N-dealkylation sites (tertiary alicyclic amines) is 1. The first kappa shape index (κ1) is 21.0. The van der Waals surface area contributed by atoms with Crippen LogP contribution in [0.5, 0.6) is 0 Å². The molecule has 168 valence electrons. The summed E-state index contributed by atoms with van der Waals surface area (Å²) < 4.78 is 52.7. The lowest BCUT2D eigenvalue weighted by Gasteiger charge is -2.29. The zero-order valence-corrected chi connectivity index (χ0v) is 17.1. The van der Waals surface area contributed by atoms with Crippen molar-refractivity contribution < 1.29 is 22.4 Å². The normalized spacial score (nSPS) is 19.5. The van der Waals surface area contributed by atoms with E-state index in [1.807, 2.05) is 6.08 Å². The number of hydrogen-bond donors (Lipinski definition) is 1. The summed E-state index contributed by atoms with van der Waals surface area (Å²) in [5.41, 5.74) is 0.284. The maximum absolute atomic E-state index is 14.3. The van der Waals surface area contributed by atoms with Gasteiger partial charge >= 0.3 is 6.18 Å². The lowest BCUT2D eigenvalue weighted by Crippen LogP contribution is -2.40. The Labute approximate surface area is 186 Å². The van der Waals surface area contributed by atoms with Gasteiger partial charge in [0, 0.05) is 36.4 Å². The second-order valence-corrected chi connectivity index (χ2v) is 7.88. The summed E-state index contributed by atoms with van der Waals surface area (Å²) in [6.07, 6.45) is 1.85. The second-order valence-electron chi connectivity index (χ2n) is 7.88. The molecule has 1 N–H and O–H groups in total. The number of pyridine rings is 3. The quantitative estimate of drug-likeness (QED) is 0.585. The smallest absolute Gasteiger partial charge is 0.342 e. The lowest BCUT2D eigenvalue weighted by molar-refractivity contribution is -0.137. The highest BCUT2D eigenvalue weighted by Crippen LogP contribution is 2.39. The lowest BCUT2D eigenvalue weighted by atomic mass is 10.1. The minimum absolute atomic E-state index is 0.0427. The predicted octanol–water partition coefficient (Wildman–Crippen LogP) is 4.54. The molecule has 0 saturated carbocycles. The SMILES string of the molecule is O=C(c1ncccc1-c1ncccc1F)N1CC2C=C(Nc3ccc(C(F)(F)F)cn3)C1C2. The standard InChI is InChI=1S/C23H17F4N5O/c24-16-4-2-8-28-20(16)15-3-1-7-29-21(15)22(33)32-12-13-9-17(18(32)10-13)31-19-6-5-14(11-30-19)23(25,26)27/h1-9,11,13,18H,10,12H2,(H,30,31). The Hall–Kier alpha value is -3.82. The summed E-state index contributed by atoms with van der Waals surface area (Å²) >= 11 is 0. The average Bonchev–Trinajstić information content (AvgIpc) is 3.39. The zero-order chi connectivity index (χ0) is 23.2. The number of amides is 1. The molecule has 33 heavy (non-hydrogen) atoms. The number of anilines is 1. The first-order valence-electron chi connectivity index (χ1n) is 10.2. The fourth-order valence-electron chi connectivity index (χ4n) is 4.27. The number of fused-ring (bicyclic) bond motifs is 2. The Morgan fingerprint density at radius 1 is 1.06 bits per heavy atom. The number of rotatable bonds is 4. The van der Waals surface area contributed by atoms with Crippen molar-refractivity contribution in [3.63, 3.8) is 0 Å². The fraction of sp³-hybridized carbons (Fsp3) is 0.217. The molecule has 2 atom stereocenters. The molecule has 1 fully saturated rings. The molecule has 1 saturated heterocycles. The van der Waals surface area contributed by atoms with Gasteiger partial charge in [-0.3, -0.25) is 14.8 Å². The summed E-state index contributed by atoms with van der Waals surface area (Å²) in [7, 11) is 0. The van der Waals surface area contributed by atoms with Crippen LogP contribution in [-0.4, -0.2) is 38.3 Å². The van der Waals surface area contributed by atoms with Gasteiger partial charge in [0.1, 0.15) is 23.0 Å². The number of nitrogens with one attached hydrogen (secondary N) is 1. The molecule has 2 unspecified atom stereocenters. The van der Waals surface area contributed by atoms with Crippen molar-refractivity contribution in [1.29, 1.82) is 0 Å². The van der Waals surface area contributed by atoms with Gasteiger partial charge in [0.15, 0.2) is 0 Å². The van der Waals surface area contributed by atoms with Gasteiger partial charge < -0.3 is 10.2 Å². The summed E-state index contributed by atoms with van der Waals surface area (Å²) in [5.74, 6) is -0.577. The van der Waals surface area contributed by atoms with E-state index in [1.54, 1.807) is 17.0 Å². The molecule has 1 aliphatic carbocycles. The van der Waals surface area contributed by atoms with E-state index in [9.17, 15) is 22.4 Å². The summed E-state index contributed by atoms with van der Waals surface area (Å²) in [6.45, 7) is 0.468. The van der Waals surface area contributed by atoms with Crippen molar-refractivity contribution in [1.82, 2.24) is 19.9 Å². The molecule has 2 bridgehead atoms. The van der Waals surface area contributed by atoms with Gasteiger partial charge in [-0.05, 0) is 48.7 Å². The zero-order valence-electron chi connectivity index (χ0n) is 17.1. The van der Waals surface area contributed by atoms with Crippen LogP contribution < -0.4 is 5.32 Å². The van der Waals surface area contributed by atoms with E-state index in [4.69, 9.17) is 0 Å². The highest BCUT2D eigenvalue weighted by molar-refractivity contribution is 5.99. The third-order valence-corrected chi connectivity index (χ3v) is 5.76. The molecule has 10 heteroatoms. The van der Waals surface area contributed by atoms with Crippen LogP contribution in [0.25, 0.3) is 11.3 Å². The summed E-state index contributed by atoms with van der Waals surface area (Å²) in [4.78, 5) is 27.2. The second kappa shape index (κ2) is 7.95. The Kier molecular flexibility index (Phi) is 5.07. The van der Waals surface area contributed by atoms with Crippen molar-refractivity contribution in [2.45, 2.75) is 18.6 Å². The van der Waals surface area contributed by atoms with Crippen LogP contribution >= 0.6 is 0 Å². The number of aromatic nitrogens is 3. The van der Waals surface area contributed by atoms with Gasteiger partial charge in [0.2, 0.25) is 0 Å². The Morgan fingerprint density at radius 2 is 1.85 bits per heavy atom. The Balaban J connectivity index is 1.38. The minimum Gasteiger partial charge on any atom is -0.342 e. The molecule has 1 aliphatic heterocycles. The summed E-state index contributed by atoms with van der Waals surface area (Å²) in [5, 5.41) is 3.04. The van der Waals surface area contributed by atoms with E-state index < -0.39 is 17.6 Å². The van der Waals surface area contributed by atoms with Crippen LogP contribution in [0.4, 0.5) is 23.4 Å². The minimum atomic E-state index is -4.46. The molecule has 2 aliphatic rings. The van der Waals surface area contributed by atoms with Gasteiger partial charge in [-0.15, -0.1) is 0 Å². The molecule has 6 nitrogen and oxygen atoms in total. The molecule has 1 amide bonds. The fourth-order valence-corrected chi connectivity index (χ4v) is 4.27. The van der Waals surface area contributed by atoms with E-state index in [0.717, 1.165) is 12.3 Å². The third kappa shape index (κ3) is 3.92. The van der Waals surface area contributed by atoms with Gasteiger partial charge in [0.05, 0.1) is 11.6 Å². The van der Waals surface area contributed by atoms with Crippen LogP contribution in [0.15, 0.2) is 66.8 Å². The number of carbonyl (C=O) groups excluding carboxylic acids is 1. The number of hydrogen-bond acceptors (Lipinski definition) is 5. The molecule has 5 rings (SSSR count). The number of halogens is 4. The molecule has 3 aromatic heterocycles. The molecule has 0 spiro atoms. The van der Waals surface area contributed by atoms with Crippen LogP contribution in [0.3, 0.4) is 0 Å². The topological polar surface area (TPSA) is 71.0 Å². The van der Waals surface area contributed by atoms with E-state index in [1.165, 1.54) is 30.6 Å². The van der Waals surface area contributed by atoms with Crippen LogP contribution in [0.2, 0.25) is 0 Å². The van der Waals surface area contributed by atoms with Crippen LogP contribution in [0, 0.1) is 11.7 Å². The van der Waals surface area contributed by atoms with Gasteiger partial charge in [-0.25, -0.2) is 9.37 Å². The monoisotopic (exact) mass is 455 g/mol. The van der Waals surface area contributed by atoms with E-state index in [2.05, 4.69) is 20.3 Å². The summed E-state index contributed by atoms with van der Waals surface area (Å²) in [6, 6.07) is 7.84. The largest absolute Gasteiger partial charge is 0.417 e.